The van der Waals surface area contributed by atoms with E-state index in [1.807, 2.05) is 17.8 Å². The Labute approximate surface area is 166 Å². The Hall–Kier alpha value is -1.00. The molecule has 0 spiro atoms. The topological polar surface area (TPSA) is 8.88 Å². The zero-order valence-electron chi connectivity index (χ0n) is 15.9. The fourth-order valence-corrected chi connectivity index (χ4v) is 5.74. The van der Waals surface area contributed by atoms with Crippen molar-refractivity contribution in [3.05, 3.63) is 58.6 Å². The second kappa shape index (κ2) is 7.20. The number of fused-ring (bicyclic) bond motifs is 2. The van der Waals surface area contributed by atoms with Gasteiger partial charge in [0, 0.05) is 26.8 Å². The van der Waals surface area contributed by atoms with Gasteiger partial charge in [0.15, 0.2) is 0 Å². The molecular weight excluding hydrogens is 360 g/mol. The highest BCUT2D eigenvalue weighted by atomic mass is 35.5. The smallest absolute Gasteiger partial charge is 0.128 e. The maximum atomic E-state index is 6.41. The second-order valence-electron chi connectivity index (χ2n) is 8.66. The second-order valence-corrected chi connectivity index (χ2v) is 10.2. The van der Waals surface area contributed by atoms with Crippen LogP contribution in [0.1, 0.15) is 37.9 Å². The minimum Gasteiger partial charge on any atom is -0.321 e. The predicted molar refractivity (Wildman–Crippen MR) is 110 cm³/mol. The van der Waals surface area contributed by atoms with Crippen molar-refractivity contribution < 1.29 is 9.80 Å². The van der Waals surface area contributed by atoms with E-state index >= 15 is 0 Å². The van der Waals surface area contributed by atoms with E-state index in [0.29, 0.717) is 11.6 Å². The van der Waals surface area contributed by atoms with Gasteiger partial charge >= 0.3 is 0 Å². The van der Waals surface area contributed by atoms with Crippen molar-refractivity contribution in [3.8, 4) is 0 Å². The summed E-state index contributed by atoms with van der Waals surface area (Å²) in [5, 5.41) is 0.860. The van der Waals surface area contributed by atoms with Gasteiger partial charge in [0.05, 0.1) is 5.54 Å². The fourth-order valence-electron chi connectivity index (χ4n) is 4.44. The number of piperazine rings is 1. The summed E-state index contributed by atoms with van der Waals surface area (Å²) in [5.41, 5.74) is 3.26. The van der Waals surface area contributed by atoms with Crippen LogP contribution in [0.5, 0.6) is 0 Å². The highest BCUT2D eigenvalue weighted by Crippen LogP contribution is 2.40. The molecule has 0 amide bonds. The number of hydrogen-bond acceptors (Lipinski definition) is 1. The first-order chi connectivity index (χ1) is 12.4. The first-order valence-corrected chi connectivity index (χ1v) is 10.9. The zero-order valence-corrected chi connectivity index (χ0v) is 17.5. The van der Waals surface area contributed by atoms with Gasteiger partial charge in [-0.25, -0.2) is 0 Å². The van der Waals surface area contributed by atoms with Crippen LogP contribution in [0.15, 0.2) is 52.3 Å². The molecule has 0 aromatic heterocycles. The fraction of sp³-hybridized carbons (Fsp3) is 0.455. The molecule has 2 aliphatic heterocycles. The van der Waals surface area contributed by atoms with Gasteiger partial charge in [-0.05, 0) is 50.6 Å². The number of benzene rings is 2. The maximum Gasteiger partial charge on any atom is 0.128 e. The summed E-state index contributed by atoms with van der Waals surface area (Å²) in [5.74, 6) is 0. The molecule has 26 heavy (non-hydrogen) atoms. The molecule has 0 aliphatic carbocycles. The summed E-state index contributed by atoms with van der Waals surface area (Å²) in [7, 11) is 0. The summed E-state index contributed by atoms with van der Waals surface area (Å²) in [6.07, 6.45) is 1.11. The minimum absolute atomic E-state index is 0.346. The predicted octanol–water partition coefficient (Wildman–Crippen LogP) is 2.67. The molecule has 0 saturated carbocycles. The quantitative estimate of drug-likeness (QED) is 0.763. The maximum absolute atomic E-state index is 6.41. The van der Waals surface area contributed by atoms with Gasteiger partial charge in [0.2, 0.25) is 0 Å². The third-order valence-corrected chi connectivity index (χ3v) is 7.46. The van der Waals surface area contributed by atoms with Crippen molar-refractivity contribution in [3.63, 3.8) is 0 Å². The Kier molecular flexibility index (Phi) is 5.08. The van der Waals surface area contributed by atoms with E-state index in [1.165, 1.54) is 47.1 Å². The lowest BCUT2D eigenvalue weighted by Gasteiger charge is -2.40. The number of quaternary nitrogens is 2. The van der Waals surface area contributed by atoms with Crippen molar-refractivity contribution in [2.45, 2.75) is 48.6 Å². The molecule has 2 aromatic carbocycles. The highest BCUT2D eigenvalue weighted by Gasteiger charge is 2.37. The van der Waals surface area contributed by atoms with Gasteiger partial charge in [-0.15, -0.1) is 0 Å². The van der Waals surface area contributed by atoms with E-state index in [0.717, 1.165) is 11.4 Å². The van der Waals surface area contributed by atoms with Crippen LogP contribution in [-0.2, 0) is 6.42 Å². The van der Waals surface area contributed by atoms with Crippen molar-refractivity contribution in [2.24, 2.45) is 0 Å². The molecule has 2 heterocycles. The lowest BCUT2D eigenvalue weighted by Crippen LogP contribution is -3.31. The number of halogens is 1. The third-order valence-electron chi connectivity index (χ3n) is 6.01. The molecule has 1 fully saturated rings. The normalized spacial score (nSPS) is 25.9. The van der Waals surface area contributed by atoms with Crippen LogP contribution in [-0.4, -0.2) is 31.7 Å². The first-order valence-electron chi connectivity index (χ1n) is 9.67. The molecular formula is C22H29ClN2S+2. The SMILES string of the molecule is CC(C)(C)[NH+]1CC[NH+]([C@H]2Cc3ccccc3Sc3ccc(Cl)cc32)CC1. The molecule has 2 nitrogen and oxygen atoms in total. The van der Waals surface area contributed by atoms with Gasteiger partial charge in [-0.3, -0.25) is 0 Å². The number of rotatable bonds is 1. The lowest BCUT2D eigenvalue weighted by molar-refractivity contribution is -1.05. The average Bonchev–Trinajstić information content (AvgIpc) is 2.77. The molecule has 4 rings (SSSR count). The van der Waals surface area contributed by atoms with Gasteiger partial charge in [-0.1, -0.05) is 41.6 Å². The standard InChI is InChI=1S/C22H27ClN2S/c1-22(2,3)25-12-10-24(11-13-25)19-14-16-6-4-5-7-20(16)26-21-9-8-17(23)15-18(19)21/h4-9,15,19H,10-14H2,1-3H3/p+2/t19-/m0/s1. The van der Waals surface area contributed by atoms with E-state index < -0.39 is 0 Å². The molecule has 0 unspecified atom stereocenters. The van der Waals surface area contributed by atoms with Gasteiger partial charge < -0.3 is 9.80 Å². The summed E-state index contributed by atoms with van der Waals surface area (Å²) >= 11 is 8.31. The monoisotopic (exact) mass is 388 g/mol. The van der Waals surface area contributed by atoms with Crippen LogP contribution in [0.4, 0.5) is 0 Å². The molecule has 1 atom stereocenters. The van der Waals surface area contributed by atoms with E-state index in [4.69, 9.17) is 11.6 Å². The van der Waals surface area contributed by atoms with E-state index in [2.05, 4.69) is 57.2 Å². The number of hydrogen-bond donors (Lipinski definition) is 2. The van der Waals surface area contributed by atoms with Crippen LogP contribution in [0.3, 0.4) is 0 Å². The van der Waals surface area contributed by atoms with Crippen LogP contribution in [0, 0.1) is 0 Å². The van der Waals surface area contributed by atoms with Crippen LogP contribution in [0.2, 0.25) is 5.02 Å². The first kappa shape index (κ1) is 18.4. The van der Waals surface area contributed by atoms with Crippen LogP contribution in [0.25, 0.3) is 0 Å². The highest BCUT2D eigenvalue weighted by molar-refractivity contribution is 7.99. The Morgan fingerprint density at radius 3 is 2.42 bits per heavy atom. The summed E-state index contributed by atoms with van der Waals surface area (Å²) in [6.45, 7) is 12.1. The van der Waals surface area contributed by atoms with E-state index in [1.54, 1.807) is 9.80 Å². The van der Waals surface area contributed by atoms with Crippen molar-refractivity contribution >= 4 is 23.4 Å². The molecule has 1 saturated heterocycles. The van der Waals surface area contributed by atoms with E-state index in [-0.39, 0.29) is 0 Å². The van der Waals surface area contributed by atoms with Gasteiger partial charge in [0.1, 0.15) is 32.2 Å². The molecule has 2 aromatic rings. The molecule has 0 bridgehead atoms. The van der Waals surface area contributed by atoms with Crippen LogP contribution < -0.4 is 9.80 Å². The van der Waals surface area contributed by atoms with Crippen LogP contribution >= 0.6 is 23.4 Å². The number of nitrogens with one attached hydrogen (secondary N) is 2. The van der Waals surface area contributed by atoms with Crippen molar-refractivity contribution in [1.29, 1.82) is 0 Å². The largest absolute Gasteiger partial charge is 0.321 e. The molecule has 2 aliphatic rings. The Bertz CT molecular complexity index is 791. The zero-order chi connectivity index (χ0) is 18.3. The van der Waals surface area contributed by atoms with Crippen molar-refractivity contribution in [1.82, 2.24) is 0 Å². The van der Waals surface area contributed by atoms with E-state index in [9.17, 15) is 0 Å². The average molecular weight is 389 g/mol. The molecule has 0 radical (unpaired) electrons. The molecule has 4 heteroatoms. The lowest BCUT2D eigenvalue weighted by atomic mass is 9.96. The summed E-state index contributed by atoms with van der Waals surface area (Å²) in [4.78, 5) is 6.23. The Morgan fingerprint density at radius 1 is 0.962 bits per heavy atom. The molecule has 2 N–H and O–H groups in total. The Morgan fingerprint density at radius 2 is 1.69 bits per heavy atom. The minimum atomic E-state index is 0.346. The van der Waals surface area contributed by atoms with Crippen molar-refractivity contribution in [2.75, 3.05) is 26.2 Å². The Balaban J connectivity index is 1.66. The summed E-state index contributed by atoms with van der Waals surface area (Å²) in [6, 6.07) is 15.9. The molecule has 138 valence electrons. The van der Waals surface area contributed by atoms with Gasteiger partial charge in [-0.2, -0.15) is 0 Å². The van der Waals surface area contributed by atoms with Gasteiger partial charge in [0.25, 0.3) is 0 Å². The third kappa shape index (κ3) is 3.68. The summed E-state index contributed by atoms with van der Waals surface area (Å²) < 4.78 is 0.